The Labute approximate surface area is 119 Å². The van der Waals surface area contributed by atoms with Crippen molar-refractivity contribution >= 4 is 21.4 Å². The van der Waals surface area contributed by atoms with Crippen molar-refractivity contribution in [2.45, 2.75) is 11.3 Å². The number of ether oxygens (including phenoxy) is 1. The van der Waals surface area contributed by atoms with Gasteiger partial charge < -0.3 is 10.1 Å². The number of benzene rings is 1. The Hall–Kier alpha value is -0.620. The van der Waals surface area contributed by atoms with Gasteiger partial charge in [-0.3, -0.25) is 0 Å². The van der Waals surface area contributed by atoms with Gasteiger partial charge in [0.2, 0.25) is 0 Å². The third kappa shape index (κ3) is 4.45. The summed E-state index contributed by atoms with van der Waals surface area (Å²) in [4.78, 5) is 0.322. The average Bonchev–Trinajstić information content (AvgIpc) is 2.88. The van der Waals surface area contributed by atoms with Gasteiger partial charge in [-0.2, -0.15) is 0 Å². The molecule has 0 amide bonds. The number of hydrogen-bond donors (Lipinski definition) is 1. The third-order valence-corrected chi connectivity index (χ3v) is 5.16. The van der Waals surface area contributed by atoms with Crippen molar-refractivity contribution in [1.29, 1.82) is 0 Å². The van der Waals surface area contributed by atoms with E-state index >= 15 is 0 Å². The zero-order valence-electron chi connectivity index (χ0n) is 10.6. The molecule has 4 nitrogen and oxygen atoms in total. The Bertz CT molecular complexity index is 495. The van der Waals surface area contributed by atoms with E-state index in [9.17, 15) is 8.42 Å². The second-order valence-electron chi connectivity index (χ2n) is 4.71. The predicted molar refractivity (Wildman–Crippen MR) is 75.3 cm³/mol. The second kappa shape index (κ2) is 6.70. The highest BCUT2D eigenvalue weighted by atomic mass is 35.5. The molecule has 1 unspecified atom stereocenters. The molecule has 6 heteroatoms. The lowest BCUT2D eigenvalue weighted by Crippen LogP contribution is -2.28. The minimum Gasteiger partial charge on any atom is -0.381 e. The summed E-state index contributed by atoms with van der Waals surface area (Å²) in [5, 5.41) is 3.72. The molecule has 2 rings (SSSR count). The highest BCUT2D eigenvalue weighted by Crippen LogP contribution is 2.15. The summed E-state index contributed by atoms with van der Waals surface area (Å²) in [6.45, 7) is 2.87. The number of rotatable bonds is 6. The third-order valence-electron chi connectivity index (χ3n) is 3.18. The zero-order valence-corrected chi connectivity index (χ0v) is 12.2. The summed E-state index contributed by atoms with van der Waals surface area (Å²) < 4.78 is 29.3. The summed E-state index contributed by atoms with van der Waals surface area (Å²) >= 11 is 5.74. The lowest BCUT2D eigenvalue weighted by Gasteiger charge is -2.09. The van der Waals surface area contributed by atoms with Crippen molar-refractivity contribution < 1.29 is 13.2 Å². The highest BCUT2D eigenvalue weighted by Gasteiger charge is 2.16. The molecule has 1 aliphatic heterocycles. The lowest BCUT2D eigenvalue weighted by atomic mass is 10.1. The molecule has 1 N–H and O–H groups in total. The van der Waals surface area contributed by atoms with E-state index in [4.69, 9.17) is 16.3 Å². The van der Waals surface area contributed by atoms with Gasteiger partial charge >= 0.3 is 0 Å². The van der Waals surface area contributed by atoms with Gasteiger partial charge in [0.15, 0.2) is 9.84 Å². The van der Waals surface area contributed by atoms with Crippen LogP contribution in [0.25, 0.3) is 0 Å². The number of hydrogen-bond acceptors (Lipinski definition) is 4. The average molecular weight is 304 g/mol. The van der Waals surface area contributed by atoms with Crippen molar-refractivity contribution in [2.75, 3.05) is 32.1 Å². The molecule has 1 fully saturated rings. The monoisotopic (exact) mass is 303 g/mol. The molecule has 0 aromatic heterocycles. The van der Waals surface area contributed by atoms with Crippen molar-refractivity contribution in [2.24, 2.45) is 5.92 Å². The topological polar surface area (TPSA) is 55.4 Å². The SMILES string of the molecule is O=S(=O)(CCNCC1CCOC1)c1ccc(Cl)cc1. The molecule has 19 heavy (non-hydrogen) atoms. The molecule has 1 aliphatic rings. The van der Waals surface area contributed by atoms with Gasteiger partial charge in [0.05, 0.1) is 17.3 Å². The van der Waals surface area contributed by atoms with Crippen LogP contribution in [0.15, 0.2) is 29.2 Å². The fourth-order valence-electron chi connectivity index (χ4n) is 2.02. The largest absolute Gasteiger partial charge is 0.381 e. The lowest BCUT2D eigenvalue weighted by molar-refractivity contribution is 0.185. The van der Waals surface area contributed by atoms with Crippen LogP contribution in [0, 0.1) is 5.92 Å². The first-order valence-corrected chi connectivity index (χ1v) is 8.38. The van der Waals surface area contributed by atoms with E-state index in [1.165, 1.54) is 0 Å². The van der Waals surface area contributed by atoms with Gasteiger partial charge in [-0.1, -0.05) is 11.6 Å². The Morgan fingerprint density at radius 3 is 2.68 bits per heavy atom. The van der Waals surface area contributed by atoms with Crippen LogP contribution in [0.4, 0.5) is 0 Å². The molecule has 0 bridgehead atoms. The van der Waals surface area contributed by atoms with E-state index in [1.54, 1.807) is 24.3 Å². The quantitative estimate of drug-likeness (QED) is 0.813. The van der Waals surface area contributed by atoms with Gasteiger partial charge in [-0.05, 0) is 36.6 Å². The molecule has 106 valence electrons. The van der Waals surface area contributed by atoms with Crippen molar-refractivity contribution in [3.8, 4) is 0 Å². The summed E-state index contributed by atoms with van der Waals surface area (Å²) in [7, 11) is -3.23. The second-order valence-corrected chi connectivity index (χ2v) is 7.25. The van der Waals surface area contributed by atoms with Crippen molar-refractivity contribution in [3.05, 3.63) is 29.3 Å². The van der Waals surface area contributed by atoms with Crippen LogP contribution in [0.1, 0.15) is 6.42 Å². The van der Waals surface area contributed by atoms with E-state index in [-0.39, 0.29) is 5.75 Å². The molecule has 0 aliphatic carbocycles. The van der Waals surface area contributed by atoms with Crippen LogP contribution in [-0.2, 0) is 14.6 Å². The molecular weight excluding hydrogens is 286 g/mol. The van der Waals surface area contributed by atoms with E-state index < -0.39 is 9.84 Å². The Morgan fingerprint density at radius 1 is 1.32 bits per heavy atom. The zero-order chi connectivity index (χ0) is 13.7. The molecule has 1 heterocycles. The molecular formula is C13H18ClNO3S. The van der Waals surface area contributed by atoms with E-state index in [0.717, 1.165) is 26.2 Å². The van der Waals surface area contributed by atoms with Gasteiger partial charge in [0, 0.05) is 24.7 Å². The highest BCUT2D eigenvalue weighted by molar-refractivity contribution is 7.91. The molecule has 0 saturated carbocycles. The minimum absolute atomic E-state index is 0.0994. The minimum atomic E-state index is -3.23. The van der Waals surface area contributed by atoms with Gasteiger partial charge in [-0.15, -0.1) is 0 Å². The molecule has 1 atom stereocenters. The van der Waals surface area contributed by atoms with Gasteiger partial charge in [-0.25, -0.2) is 8.42 Å². The van der Waals surface area contributed by atoms with Gasteiger partial charge in [0.1, 0.15) is 0 Å². The summed E-state index contributed by atoms with van der Waals surface area (Å²) in [6.07, 6.45) is 1.05. The summed E-state index contributed by atoms with van der Waals surface area (Å²) in [5.41, 5.74) is 0. The fraction of sp³-hybridized carbons (Fsp3) is 0.538. The van der Waals surface area contributed by atoms with Crippen LogP contribution in [-0.4, -0.2) is 40.5 Å². The van der Waals surface area contributed by atoms with Crippen LogP contribution in [0.2, 0.25) is 5.02 Å². The first kappa shape index (κ1) is 14.8. The Balaban J connectivity index is 1.79. The van der Waals surface area contributed by atoms with Gasteiger partial charge in [0.25, 0.3) is 0 Å². The van der Waals surface area contributed by atoms with Crippen LogP contribution in [0.3, 0.4) is 0 Å². The summed E-state index contributed by atoms with van der Waals surface area (Å²) in [5.74, 6) is 0.612. The maximum Gasteiger partial charge on any atom is 0.179 e. The van der Waals surface area contributed by atoms with Crippen LogP contribution in [0.5, 0.6) is 0 Å². The first-order valence-electron chi connectivity index (χ1n) is 6.35. The smallest absolute Gasteiger partial charge is 0.179 e. The van der Waals surface area contributed by atoms with Crippen molar-refractivity contribution in [3.63, 3.8) is 0 Å². The number of sulfone groups is 1. The molecule has 0 radical (unpaired) electrons. The van der Waals surface area contributed by atoms with Crippen LogP contribution >= 0.6 is 11.6 Å². The van der Waals surface area contributed by atoms with E-state index in [2.05, 4.69) is 5.32 Å². The van der Waals surface area contributed by atoms with E-state index in [1.807, 2.05) is 0 Å². The summed E-state index contributed by atoms with van der Waals surface area (Å²) in [6, 6.07) is 6.28. The van der Waals surface area contributed by atoms with Crippen LogP contribution < -0.4 is 5.32 Å². The molecule has 0 spiro atoms. The Morgan fingerprint density at radius 2 is 2.05 bits per heavy atom. The maximum atomic E-state index is 12.0. The molecule has 1 saturated heterocycles. The molecule has 1 aromatic carbocycles. The number of nitrogens with one attached hydrogen (secondary N) is 1. The normalized spacial score (nSPS) is 19.7. The first-order chi connectivity index (χ1) is 9.08. The van der Waals surface area contributed by atoms with E-state index in [0.29, 0.717) is 22.4 Å². The Kier molecular flexibility index (Phi) is 5.21. The molecule has 1 aromatic rings. The fourth-order valence-corrected chi connectivity index (χ4v) is 3.34. The number of halogens is 1. The predicted octanol–water partition coefficient (Wildman–Crippen LogP) is 1.74. The standard InChI is InChI=1S/C13H18ClNO3S/c14-12-1-3-13(4-2-12)19(16,17)8-6-15-9-11-5-7-18-10-11/h1-4,11,15H,5-10H2. The maximum absolute atomic E-state index is 12.0. The van der Waals surface area contributed by atoms with Crippen molar-refractivity contribution in [1.82, 2.24) is 5.32 Å².